The monoisotopic (exact) mass is 167 g/mol. The van der Waals surface area contributed by atoms with Gasteiger partial charge in [-0.05, 0) is 26.3 Å². The molecule has 3 nitrogen and oxygen atoms in total. The van der Waals surface area contributed by atoms with Crippen LogP contribution in [0.15, 0.2) is 10.9 Å². The van der Waals surface area contributed by atoms with Crippen molar-refractivity contribution in [3.63, 3.8) is 0 Å². The van der Waals surface area contributed by atoms with Crippen LogP contribution in [0.25, 0.3) is 0 Å². The third kappa shape index (κ3) is 1.22. The van der Waals surface area contributed by atoms with Crippen molar-refractivity contribution in [1.29, 1.82) is 0 Å². The van der Waals surface area contributed by atoms with Gasteiger partial charge in [0.15, 0.2) is 5.88 Å². The number of aromatic nitrogens is 1. The minimum atomic E-state index is -0.102. The van der Waals surface area contributed by atoms with Crippen LogP contribution in [0, 0.1) is 13.8 Å². The molecule has 0 saturated carbocycles. The van der Waals surface area contributed by atoms with Crippen molar-refractivity contribution in [3.8, 4) is 5.88 Å². The van der Waals surface area contributed by atoms with Gasteiger partial charge >= 0.3 is 0 Å². The van der Waals surface area contributed by atoms with Gasteiger partial charge in [0, 0.05) is 18.2 Å². The summed E-state index contributed by atoms with van der Waals surface area (Å²) >= 11 is 0. The van der Waals surface area contributed by atoms with Gasteiger partial charge in [-0.25, -0.2) is 0 Å². The Hall–Kier alpha value is -1.25. The van der Waals surface area contributed by atoms with Crippen LogP contribution in [0.1, 0.15) is 18.1 Å². The summed E-state index contributed by atoms with van der Waals surface area (Å²) in [6, 6.07) is 1.61. The van der Waals surface area contributed by atoms with Crippen LogP contribution in [-0.2, 0) is 6.54 Å². The van der Waals surface area contributed by atoms with Gasteiger partial charge in [-0.1, -0.05) is 0 Å². The number of nitrogens with zero attached hydrogens (tertiary/aromatic N) is 1. The van der Waals surface area contributed by atoms with Gasteiger partial charge in [-0.3, -0.25) is 9.36 Å². The first-order valence-electron chi connectivity index (χ1n) is 3.98. The molecular weight excluding hydrogens is 154 g/mol. The van der Waals surface area contributed by atoms with Crippen molar-refractivity contribution in [1.82, 2.24) is 4.57 Å². The molecule has 0 saturated heterocycles. The quantitative estimate of drug-likeness (QED) is 0.682. The lowest BCUT2D eigenvalue weighted by molar-refractivity contribution is 0.410. The minimum Gasteiger partial charge on any atom is -0.494 e. The summed E-state index contributed by atoms with van der Waals surface area (Å²) < 4.78 is 1.35. The van der Waals surface area contributed by atoms with Gasteiger partial charge in [0.1, 0.15) is 0 Å². The first-order valence-corrected chi connectivity index (χ1v) is 3.98. The van der Waals surface area contributed by atoms with Gasteiger partial charge in [-0.2, -0.15) is 0 Å². The summed E-state index contributed by atoms with van der Waals surface area (Å²) in [5.41, 5.74) is 1.44. The number of aryl methyl sites for hydroxylation is 1. The number of aromatic hydroxyl groups is 1. The fourth-order valence-corrected chi connectivity index (χ4v) is 1.16. The lowest BCUT2D eigenvalue weighted by Crippen LogP contribution is -2.22. The van der Waals surface area contributed by atoms with E-state index < -0.39 is 0 Å². The third-order valence-electron chi connectivity index (χ3n) is 2.10. The lowest BCUT2D eigenvalue weighted by atomic mass is 10.2. The molecule has 0 amide bonds. The van der Waals surface area contributed by atoms with Crippen molar-refractivity contribution in [2.24, 2.45) is 0 Å². The van der Waals surface area contributed by atoms with Crippen LogP contribution < -0.4 is 5.56 Å². The standard InChI is InChI=1S/C9H13NO2/c1-4-10-8(11)5-6(2)7(3)9(10)12/h5,11H,4H2,1-3H3. The molecule has 0 aliphatic carbocycles. The summed E-state index contributed by atoms with van der Waals surface area (Å²) in [5, 5.41) is 9.36. The summed E-state index contributed by atoms with van der Waals surface area (Å²) in [4.78, 5) is 11.4. The first kappa shape index (κ1) is 8.84. The second kappa shape index (κ2) is 3.01. The lowest BCUT2D eigenvalue weighted by Gasteiger charge is -2.07. The fraction of sp³-hybridized carbons (Fsp3) is 0.444. The Bertz CT molecular complexity index is 352. The Kier molecular flexibility index (Phi) is 2.22. The molecule has 1 N–H and O–H groups in total. The van der Waals surface area contributed by atoms with Crippen LogP contribution in [-0.4, -0.2) is 9.67 Å². The predicted molar refractivity (Wildman–Crippen MR) is 47.5 cm³/mol. The van der Waals surface area contributed by atoms with E-state index in [2.05, 4.69) is 0 Å². The molecule has 0 atom stereocenters. The van der Waals surface area contributed by atoms with Crippen LogP contribution in [0.5, 0.6) is 5.88 Å². The molecule has 1 rings (SSSR count). The highest BCUT2D eigenvalue weighted by Gasteiger charge is 2.05. The maximum Gasteiger partial charge on any atom is 0.256 e. The zero-order valence-corrected chi connectivity index (χ0v) is 7.59. The molecule has 1 heterocycles. The van der Waals surface area contributed by atoms with Gasteiger partial charge in [0.25, 0.3) is 5.56 Å². The maximum absolute atomic E-state index is 11.4. The first-order chi connectivity index (χ1) is 5.57. The molecule has 3 heteroatoms. The van der Waals surface area contributed by atoms with E-state index in [0.29, 0.717) is 12.1 Å². The van der Waals surface area contributed by atoms with E-state index in [1.165, 1.54) is 4.57 Å². The number of hydrogen-bond donors (Lipinski definition) is 1. The molecule has 0 unspecified atom stereocenters. The number of hydrogen-bond acceptors (Lipinski definition) is 2. The van der Waals surface area contributed by atoms with Gasteiger partial charge < -0.3 is 5.11 Å². The molecule has 0 aliphatic heterocycles. The Morgan fingerprint density at radius 2 is 2.08 bits per heavy atom. The Balaban J connectivity index is 3.52. The summed E-state index contributed by atoms with van der Waals surface area (Å²) in [6.07, 6.45) is 0. The average Bonchev–Trinajstić information content (AvgIpc) is 2.01. The summed E-state index contributed by atoms with van der Waals surface area (Å²) in [7, 11) is 0. The van der Waals surface area contributed by atoms with Gasteiger partial charge in [-0.15, -0.1) is 0 Å². The molecular formula is C9H13NO2. The summed E-state index contributed by atoms with van der Waals surface area (Å²) in [5.74, 6) is 0.0469. The SMILES string of the molecule is CCn1c(O)cc(C)c(C)c1=O. The molecule has 0 aliphatic rings. The molecule has 0 fully saturated rings. The normalized spacial score (nSPS) is 10.2. The molecule has 0 spiro atoms. The van der Waals surface area contributed by atoms with Crippen LogP contribution in [0.4, 0.5) is 0 Å². The topological polar surface area (TPSA) is 42.2 Å². The molecule has 66 valence electrons. The highest BCUT2D eigenvalue weighted by molar-refractivity contribution is 5.27. The van der Waals surface area contributed by atoms with E-state index in [1.54, 1.807) is 13.0 Å². The van der Waals surface area contributed by atoms with E-state index in [9.17, 15) is 9.90 Å². The minimum absolute atomic E-state index is 0.0469. The zero-order chi connectivity index (χ0) is 9.30. The maximum atomic E-state index is 11.4. The van der Waals surface area contributed by atoms with Crippen molar-refractivity contribution >= 4 is 0 Å². The Morgan fingerprint density at radius 3 is 2.58 bits per heavy atom. The van der Waals surface area contributed by atoms with Gasteiger partial charge in [0.2, 0.25) is 0 Å². The van der Waals surface area contributed by atoms with Crippen LogP contribution >= 0.6 is 0 Å². The molecule has 12 heavy (non-hydrogen) atoms. The van der Waals surface area contributed by atoms with Gasteiger partial charge in [0.05, 0.1) is 0 Å². The molecule has 1 aromatic rings. The second-order valence-corrected chi connectivity index (χ2v) is 2.86. The van der Waals surface area contributed by atoms with Crippen molar-refractivity contribution < 1.29 is 5.11 Å². The van der Waals surface area contributed by atoms with Crippen molar-refractivity contribution in [2.45, 2.75) is 27.3 Å². The van der Waals surface area contributed by atoms with E-state index >= 15 is 0 Å². The molecule has 0 bridgehead atoms. The highest BCUT2D eigenvalue weighted by atomic mass is 16.3. The van der Waals surface area contributed by atoms with E-state index in [0.717, 1.165) is 5.56 Å². The van der Waals surface area contributed by atoms with Crippen LogP contribution in [0.3, 0.4) is 0 Å². The predicted octanol–water partition coefficient (Wildman–Crippen LogP) is 1.19. The van der Waals surface area contributed by atoms with Crippen molar-refractivity contribution in [3.05, 3.63) is 27.5 Å². The van der Waals surface area contributed by atoms with Crippen LogP contribution in [0.2, 0.25) is 0 Å². The Morgan fingerprint density at radius 1 is 1.50 bits per heavy atom. The Labute approximate surface area is 71.3 Å². The summed E-state index contributed by atoms with van der Waals surface area (Å²) in [6.45, 7) is 5.92. The smallest absolute Gasteiger partial charge is 0.256 e. The zero-order valence-electron chi connectivity index (χ0n) is 7.59. The fourth-order valence-electron chi connectivity index (χ4n) is 1.16. The molecule has 0 aromatic carbocycles. The third-order valence-corrected chi connectivity index (χ3v) is 2.10. The number of rotatable bonds is 1. The largest absolute Gasteiger partial charge is 0.494 e. The van der Waals surface area contributed by atoms with E-state index in [4.69, 9.17) is 0 Å². The van der Waals surface area contributed by atoms with E-state index in [1.807, 2.05) is 13.8 Å². The molecule has 0 radical (unpaired) electrons. The highest BCUT2D eigenvalue weighted by Crippen LogP contribution is 2.10. The molecule has 1 aromatic heterocycles. The average molecular weight is 167 g/mol. The second-order valence-electron chi connectivity index (χ2n) is 2.86. The van der Waals surface area contributed by atoms with Crippen molar-refractivity contribution in [2.75, 3.05) is 0 Å². The number of pyridine rings is 1. The van der Waals surface area contributed by atoms with E-state index in [-0.39, 0.29) is 11.4 Å².